The maximum atomic E-state index is 12.4. The topological polar surface area (TPSA) is 63.2 Å². The van der Waals surface area contributed by atoms with E-state index in [1.807, 2.05) is 0 Å². The summed E-state index contributed by atoms with van der Waals surface area (Å²) in [6, 6.07) is 8.49. The summed E-state index contributed by atoms with van der Waals surface area (Å²) in [5.41, 5.74) is 2.44. The summed E-state index contributed by atoms with van der Waals surface area (Å²) >= 11 is 1.46. The Kier molecular flexibility index (Phi) is 7.59. The van der Waals surface area contributed by atoms with Gasteiger partial charge in [0.2, 0.25) is 5.91 Å². The maximum Gasteiger partial charge on any atom is 0.230 e. The molecule has 0 aliphatic carbocycles. The van der Waals surface area contributed by atoms with Crippen LogP contribution < -0.4 is 5.32 Å². The molecule has 146 valence electrons. The number of carbonyl (C=O) groups excluding carboxylic acids is 1. The molecule has 2 rings (SSSR count). The first kappa shape index (κ1) is 21.3. The highest BCUT2D eigenvalue weighted by Gasteiger charge is 2.29. The minimum atomic E-state index is -2.89. The molecule has 1 saturated heterocycles. The van der Waals surface area contributed by atoms with Gasteiger partial charge in [0.25, 0.3) is 0 Å². The van der Waals surface area contributed by atoms with Crippen LogP contribution in [0.2, 0.25) is 0 Å². The lowest BCUT2D eigenvalue weighted by molar-refractivity contribution is -0.119. The zero-order valence-corrected chi connectivity index (χ0v) is 17.8. The van der Waals surface area contributed by atoms with Crippen LogP contribution in [0.15, 0.2) is 24.3 Å². The number of sulfone groups is 1. The van der Waals surface area contributed by atoms with E-state index in [1.165, 1.54) is 17.3 Å². The van der Waals surface area contributed by atoms with Crippen LogP contribution in [0.4, 0.5) is 0 Å². The Hall–Kier alpha value is -1.01. The average molecular weight is 398 g/mol. The molecule has 1 N–H and O–H groups in total. The predicted octanol–water partition coefficient (Wildman–Crippen LogP) is 3.62. The summed E-state index contributed by atoms with van der Waals surface area (Å²) in [6.07, 6.45) is 1.71. The number of benzene rings is 1. The Morgan fingerprint density at radius 2 is 1.85 bits per heavy atom. The number of rotatable bonds is 8. The molecular weight excluding hydrogens is 366 g/mol. The molecule has 1 fully saturated rings. The Morgan fingerprint density at radius 1 is 1.19 bits per heavy atom. The Morgan fingerprint density at radius 3 is 2.35 bits per heavy atom. The van der Waals surface area contributed by atoms with Crippen LogP contribution in [0, 0.1) is 11.8 Å². The van der Waals surface area contributed by atoms with Gasteiger partial charge >= 0.3 is 0 Å². The molecular formula is C20H31NO3S2. The summed E-state index contributed by atoms with van der Waals surface area (Å²) in [6.45, 7) is 8.62. The van der Waals surface area contributed by atoms with Crippen molar-refractivity contribution in [3.8, 4) is 0 Å². The monoisotopic (exact) mass is 397 g/mol. The summed E-state index contributed by atoms with van der Waals surface area (Å²) in [5, 5.41) is 3.18. The second kappa shape index (κ2) is 9.27. The first-order valence-electron chi connectivity index (χ1n) is 9.36. The largest absolute Gasteiger partial charge is 0.348 e. The van der Waals surface area contributed by atoms with Gasteiger partial charge in [-0.2, -0.15) is 0 Å². The number of carbonyl (C=O) groups is 1. The molecule has 1 aromatic rings. The van der Waals surface area contributed by atoms with Gasteiger partial charge in [-0.25, -0.2) is 8.42 Å². The molecule has 0 bridgehead atoms. The molecule has 0 aromatic heterocycles. The van der Waals surface area contributed by atoms with Crippen molar-refractivity contribution in [2.45, 2.75) is 51.8 Å². The number of hydrogen-bond donors (Lipinski definition) is 1. The molecule has 4 nitrogen and oxygen atoms in total. The van der Waals surface area contributed by atoms with Crippen molar-refractivity contribution in [3.05, 3.63) is 35.4 Å². The van der Waals surface area contributed by atoms with Crippen molar-refractivity contribution in [3.63, 3.8) is 0 Å². The fraction of sp³-hybridized carbons (Fsp3) is 0.650. The summed E-state index contributed by atoms with van der Waals surface area (Å²) in [5.74, 6) is 1.66. The van der Waals surface area contributed by atoms with Crippen molar-refractivity contribution >= 4 is 27.5 Å². The van der Waals surface area contributed by atoms with Gasteiger partial charge in [-0.05, 0) is 35.8 Å². The highest BCUT2D eigenvalue weighted by Crippen LogP contribution is 2.26. The summed E-state index contributed by atoms with van der Waals surface area (Å²) in [7, 11) is -2.89. The third-order valence-corrected chi connectivity index (χ3v) is 7.89. The molecule has 26 heavy (non-hydrogen) atoms. The SMILES string of the molecule is CC(C)Cc1ccc(C(NC(=O)CSC2CCS(=O)(=O)C2)C(C)C)cc1. The smallest absolute Gasteiger partial charge is 0.230 e. The van der Waals surface area contributed by atoms with Crippen molar-refractivity contribution < 1.29 is 13.2 Å². The lowest BCUT2D eigenvalue weighted by atomic mass is 9.94. The third kappa shape index (κ3) is 6.62. The van der Waals surface area contributed by atoms with Crippen LogP contribution in [0.3, 0.4) is 0 Å². The van der Waals surface area contributed by atoms with E-state index in [1.54, 1.807) is 0 Å². The Bertz CT molecular complexity index is 696. The van der Waals surface area contributed by atoms with E-state index in [0.717, 1.165) is 12.0 Å². The van der Waals surface area contributed by atoms with E-state index in [-0.39, 0.29) is 34.6 Å². The molecule has 2 atom stereocenters. The normalized spacial score (nSPS) is 20.5. The first-order valence-corrected chi connectivity index (χ1v) is 12.2. The van der Waals surface area contributed by atoms with Crippen LogP contribution in [0.25, 0.3) is 0 Å². The van der Waals surface area contributed by atoms with E-state index < -0.39 is 9.84 Å². The number of hydrogen-bond acceptors (Lipinski definition) is 4. The van der Waals surface area contributed by atoms with E-state index in [2.05, 4.69) is 57.3 Å². The Balaban J connectivity index is 1.91. The van der Waals surface area contributed by atoms with Crippen LogP contribution in [0.1, 0.15) is 51.3 Å². The van der Waals surface area contributed by atoms with Crippen molar-refractivity contribution in [1.29, 1.82) is 0 Å². The molecule has 1 aliphatic heterocycles. The minimum absolute atomic E-state index is 0.0238. The summed E-state index contributed by atoms with van der Waals surface area (Å²) < 4.78 is 23.0. The van der Waals surface area contributed by atoms with Gasteiger partial charge in [0.05, 0.1) is 23.3 Å². The molecule has 0 spiro atoms. The fourth-order valence-corrected chi connectivity index (χ4v) is 6.72. The van der Waals surface area contributed by atoms with E-state index in [0.29, 0.717) is 18.1 Å². The summed E-state index contributed by atoms with van der Waals surface area (Å²) in [4.78, 5) is 12.4. The van der Waals surface area contributed by atoms with Gasteiger partial charge in [-0.1, -0.05) is 52.0 Å². The lowest BCUT2D eigenvalue weighted by Crippen LogP contribution is -2.33. The molecule has 0 saturated carbocycles. The number of nitrogens with one attached hydrogen (secondary N) is 1. The first-order chi connectivity index (χ1) is 12.2. The van der Waals surface area contributed by atoms with Crippen LogP contribution in [-0.2, 0) is 21.1 Å². The van der Waals surface area contributed by atoms with Crippen molar-refractivity contribution in [2.75, 3.05) is 17.3 Å². The number of thioether (sulfide) groups is 1. The van der Waals surface area contributed by atoms with E-state index in [9.17, 15) is 13.2 Å². The van der Waals surface area contributed by atoms with Gasteiger partial charge in [-0.15, -0.1) is 11.8 Å². The predicted molar refractivity (Wildman–Crippen MR) is 110 cm³/mol. The standard InChI is InChI=1S/C20H31NO3S2/c1-14(2)11-16-5-7-17(8-6-16)20(15(3)4)21-19(22)12-25-18-9-10-26(23,24)13-18/h5-8,14-15,18,20H,9-13H2,1-4H3,(H,21,22). The maximum absolute atomic E-state index is 12.4. The van der Waals surface area contributed by atoms with Gasteiger partial charge in [0.1, 0.15) is 0 Å². The average Bonchev–Trinajstić information content (AvgIpc) is 2.90. The van der Waals surface area contributed by atoms with Crippen molar-refractivity contribution in [1.82, 2.24) is 5.32 Å². The van der Waals surface area contributed by atoms with Gasteiger partial charge in [0, 0.05) is 5.25 Å². The quantitative estimate of drug-likeness (QED) is 0.728. The molecule has 0 radical (unpaired) electrons. The minimum Gasteiger partial charge on any atom is -0.348 e. The Labute approximate surface area is 162 Å². The van der Waals surface area contributed by atoms with Crippen molar-refractivity contribution in [2.24, 2.45) is 11.8 Å². The second-order valence-corrected chi connectivity index (χ2v) is 11.5. The van der Waals surface area contributed by atoms with Crippen LogP contribution >= 0.6 is 11.8 Å². The lowest BCUT2D eigenvalue weighted by Gasteiger charge is -2.23. The van der Waals surface area contributed by atoms with Gasteiger partial charge in [0.15, 0.2) is 9.84 Å². The molecule has 1 heterocycles. The fourth-order valence-electron chi connectivity index (χ4n) is 3.27. The zero-order valence-electron chi connectivity index (χ0n) is 16.2. The highest BCUT2D eigenvalue weighted by molar-refractivity contribution is 8.02. The molecule has 1 amide bonds. The molecule has 1 aliphatic rings. The second-order valence-electron chi connectivity index (χ2n) is 7.96. The van der Waals surface area contributed by atoms with E-state index >= 15 is 0 Å². The third-order valence-electron chi connectivity index (χ3n) is 4.61. The van der Waals surface area contributed by atoms with Crippen LogP contribution in [-0.4, -0.2) is 36.8 Å². The van der Waals surface area contributed by atoms with Gasteiger partial charge < -0.3 is 5.32 Å². The highest BCUT2D eigenvalue weighted by atomic mass is 32.2. The molecule has 6 heteroatoms. The molecule has 1 aromatic carbocycles. The zero-order chi connectivity index (χ0) is 19.3. The number of amides is 1. The van der Waals surface area contributed by atoms with Crippen LogP contribution in [0.5, 0.6) is 0 Å². The van der Waals surface area contributed by atoms with Gasteiger partial charge in [-0.3, -0.25) is 4.79 Å². The van der Waals surface area contributed by atoms with E-state index in [4.69, 9.17) is 0 Å². The molecule has 2 unspecified atom stereocenters.